The van der Waals surface area contributed by atoms with Crippen molar-refractivity contribution in [2.45, 2.75) is 13.8 Å². The molecule has 0 radical (unpaired) electrons. The molecule has 1 N–H and O–H groups in total. The third-order valence-corrected chi connectivity index (χ3v) is 1.89. The number of carbonyl (C=O) groups excluding carboxylic acids is 1. The molecule has 0 aliphatic heterocycles. The second kappa shape index (κ2) is 5.85. The second-order valence-electron chi connectivity index (χ2n) is 3.92. The van der Waals surface area contributed by atoms with Crippen LogP contribution in [-0.2, 0) is 4.74 Å². The van der Waals surface area contributed by atoms with Crippen LogP contribution >= 0.6 is 0 Å². The molecular weight excluding hydrogens is 223 g/mol. The molecule has 0 saturated carbocycles. The molecule has 1 rings (SSSR count). The Morgan fingerprint density at radius 2 is 2.29 bits per heavy atom. The molecule has 0 saturated heterocycles. The molecule has 1 aromatic carbocycles. The highest BCUT2D eigenvalue weighted by Gasteiger charge is 2.09. The molecule has 1 amide bonds. The number of halogens is 1. The molecule has 0 bridgehead atoms. The largest absolute Gasteiger partial charge is 0.449 e. The van der Waals surface area contributed by atoms with E-state index in [9.17, 15) is 9.18 Å². The van der Waals surface area contributed by atoms with Crippen molar-refractivity contribution < 1.29 is 13.9 Å². The van der Waals surface area contributed by atoms with Gasteiger partial charge in [0.25, 0.3) is 0 Å². The topological polar surface area (TPSA) is 62.1 Å². The summed E-state index contributed by atoms with van der Waals surface area (Å²) in [5.74, 6) is -0.299. The fraction of sp³-hybridized carbons (Fsp3) is 0.333. The van der Waals surface area contributed by atoms with E-state index in [0.29, 0.717) is 0 Å². The van der Waals surface area contributed by atoms with Crippen LogP contribution in [0.2, 0.25) is 0 Å². The third kappa shape index (κ3) is 4.11. The van der Waals surface area contributed by atoms with Crippen molar-refractivity contribution in [3.63, 3.8) is 0 Å². The molecule has 0 aliphatic carbocycles. The molecule has 5 heteroatoms. The van der Waals surface area contributed by atoms with Gasteiger partial charge in [-0.25, -0.2) is 9.18 Å². The smallest absolute Gasteiger partial charge is 0.411 e. The summed E-state index contributed by atoms with van der Waals surface area (Å²) in [5.41, 5.74) is 0.300. The zero-order chi connectivity index (χ0) is 12.8. The van der Waals surface area contributed by atoms with E-state index in [-0.39, 0.29) is 23.8 Å². The number of amides is 1. The zero-order valence-electron chi connectivity index (χ0n) is 9.66. The van der Waals surface area contributed by atoms with Gasteiger partial charge in [0.2, 0.25) is 0 Å². The Morgan fingerprint density at radius 1 is 1.59 bits per heavy atom. The number of anilines is 1. The first-order valence-electron chi connectivity index (χ1n) is 5.16. The van der Waals surface area contributed by atoms with Crippen LogP contribution in [0, 0.1) is 23.1 Å². The molecule has 4 nitrogen and oxygen atoms in total. The van der Waals surface area contributed by atoms with Gasteiger partial charge < -0.3 is 4.74 Å². The fourth-order valence-corrected chi connectivity index (χ4v) is 1.11. The monoisotopic (exact) mass is 236 g/mol. The highest BCUT2D eigenvalue weighted by molar-refractivity contribution is 5.86. The van der Waals surface area contributed by atoms with Crippen LogP contribution in [0.1, 0.15) is 19.4 Å². The Kier molecular flexibility index (Phi) is 4.46. The van der Waals surface area contributed by atoms with Gasteiger partial charge in [-0.15, -0.1) is 0 Å². The van der Waals surface area contributed by atoms with Crippen LogP contribution in [0.3, 0.4) is 0 Å². The number of benzene rings is 1. The molecule has 0 aliphatic rings. The zero-order valence-corrected chi connectivity index (χ0v) is 9.66. The predicted octanol–water partition coefficient (Wildman–Crippen LogP) is 2.90. The van der Waals surface area contributed by atoms with Crippen LogP contribution in [-0.4, -0.2) is 12.7 Å². The number of nitrogens with one attached hydrogen (secondary N) is 1. The molecule has 1 aromatic rings. The molecule has 0 spiro atoms. The summed E-state index contributed by atoms with van der Waals surface area (Å²) >= 11 is 0. The average molecular weight is 236 g/mol. The quantitative estimate of drug-likeness (QED) is 0.877. The van der Waals surface area contributed by atoms with Crippen molar-refractivity contribution in [2.24, 2.45) is 5.92 Å². The van der Waals surface area contributed by atoms with E-state index in [4.69, 9.17) is 10.00 Å². The summed E-state index contributed by atoms with van der Waals surface area (Å²) in [5, 5.41) is 11.2. The van der Waals surface area contributed by atoms with Gasteiger partial charge >= 0.3 is 6.09 Å². The molecule has 0 fully saturated rings. The number of ether oxygens (including phenoxy) is 1. The van der Waals surface area contributed by atoms with Crippen LogP contribution < -0.4 is 5.32 Å². The normalized spacial score (nSPS) is 9.82. The molecule has 17 heavy (non-hydrogen) atoms. The van der Waals surface area contributed by atoms with Crippen molar-refractivity contribution in [2.75, 3.05) is 11.9 Å². The van der Waals surface area contributed by atoms with Crippen molar-refractivity contribution in [3.8, 4) is 6.07 Å². The van der Waals surface area contributed by atoms with Crippen molar-refractivity contribution in [1.82, 2.24) is 0 Å². The van der Waals surface area contributed by atoms with E-state index in [1.807, 2.05) is 13.8 Å². The van der Waals surface area contributed by atoms with Crippen LogP contribution in [0.25, 0.3) is 0 Å². The number of rotatable bonds is 3. The molecular formula is C12H13FN2O2. The van der Waals surface area contributed by atoms with Gasteiger partial charge in [0.1, 0.15) is 11.9 Å². The van der Waals surface area contributed by atoms with Gasteiger partial charge in [-0.05, 0) is 24.1 Å². The minimum atomic E-state index is -0.651. The van der Waals surface area contributed by atoms with E-state index in [1.54, 1.807) is 6.07 Å². The first-order chi connectivity index (χ1) is 8.02. The lowest BCUT2D eigenvalue weighted by Crippen LogP contribution is -2.17. The number of hydrogen-bond acceptors (Lipinski definition) is 3. The van der Waals surface area contributed by atoms with Gasteiger partial charge in [-0.3, -0.25) is 5.32 Å². The fourth-order valence-electron chi connectivity index (χ4n) is 1.11. The van der Waals surface area contributed by atoms with E-state index < -0.39 is 11.9 Å². The van der Waals surface area contributed by atoms with Gasteiger partial charge in [0.15, 0.2) is 0 Å². The summed E-state index contributed by atoms with van der Waals surface area (Å²) in [6.45, 7) is 4.10. The molecule has 0 unspecified atom stereocenters. The predicted molar refractivity (Wildman–Crippen MR) is 60.9 cm³/mol. The Hall–Kier alpha value is -2.09. The van der Waals surface area contributed by atoms with E-state index >= 15 is 0 Å². The summed E-state index contributed by atoms with van der Waals surface area (Å²) in [4.78, 5) is 11.3. The second-order valence-corrected chi connectivity index (χ2v) is 3.92. The van der Waals surface area contributed by atoms with Gasteiger partial charge in [-0.1, -0.05) is 13.8 Å². The maximum atomic E-state index is 12.8. The molecule has 0 atom stereocenters. The maximum Gasteiger partial charge on any atom is 0.411 e. The number of carbonyl (C=O) groups is 1. The first-order valence-corrected chi connectivity index (χ1v) is 5.16. The molecule has 0 aromatic heterocycles. The SMILES string of the molecule is CC(C)COC(=O)Nc1ccc(F)cc1C#N. The number of nitrogens with zero attached hydrogens (tertiary/aromatic N) is 1. The Morgan fingerprint density at radius 3 is 2.88 bits per heavy atom. The minimum Gasteiger partial charge on any atom is -0.449 e. The van der Waals surface area contributed by atoms with E-state index in [0.717, 1.165) is 6.07 Å². The Labute approximate surface area is 99.0 Å². The first kappa shape index (κ1) is 13.0. The lowest BCUT2D eigenvalue weighted by molar-refractivity contribution is 0.147. The highest BCUT2D eigenvalue weighted by Crippen LogP contribution is 2.16. The van der Waals surface area contributed by atoms with E-state index in [1.165, 1.54) is 12.1 Å². The Balaban J connectivity index is 2.69. The maximum absolute atomic E-state index is 12.8. The lowest BCUT2D eigenvalue weighted by atomic mass is 10.2. The van der Waals surface area contributed by atoms with Crippen molar-refractivity contribution in [3.05, 3.63) is 29.6 Å². The summed E-state index contributed by atoms with van der Waals surface area (Å²) in [6, 6.07) is 5.34. The van der Waals surface area contributed by atoms with Crippen LogP contribution in [0.15, 0.2) is 18.2 Å². The van der Waals surface area contributed by atoms with Crippen LogP contribution in [0.5, 0.6) is 0 Å². The van der Waals surface area contributed by atoms with Gasteiger partial charge in [0.05, 0.1) is 17.9 Å². The van der Waals surface area contributed by atoms with Crippen LogP contribution in [0.4, 0.5) is 14.9 Å². The van der Waals surface area contributed by atoms with Crippen molar-refractivity contribution >= 4 is 11.8 Å². The van der Waals surface area contributed by atoms with Gasteiger partial charge in [0, 0.05) is 0 Å². The minimum absolute atomic E-state index is 0.0616. The standard InChI is InChI=1S/C12H13FN2O2/c1-8(2)7-17-12(16)15-11-4-3-10(13)5-9(11)6-14/h3-5,8H,7H2,1-2H3,(H,15,16). The Bertz CT molecular complexity index is 452. The summed E-state index contributed by atoms with van der Waals surface area (Å²) < 4.78 is 17.7. The average Bonchev–Trinajstić information content (AvgIpc) is 2.28. The number of hydrogen-bond donors (Lipinski definition) is 1. The lowest BCUT2D eigenvalue weighted by Gasteiger charge is -2.09. The third-order valence-electron chi connectivity index (χ3n) is 1.89. The molecule has 0 heterocycles. The molecule has 90 valence electrons. The summed E-state index contributed by atoms with van der Waals surface area (Å²) in [6.07, 6.45) is -0.651. The number of nitriles is 1. The van der Waals surface area contributed by atoms with Gasteiger partial charge in [-0.2, -0.15) is 5.26 Å². The van der Waals surface area contributed by atoms with E-state index in [2.05, 4.69) is 5.32 Å². The van der Waals surface area contributed by atoms with Crippen molar-refractivity contribution in [1.29, 1.82) is 5.26 Å². The highest BCUT2D eigenvalue weighted by atomic mass is 19.1. The summed E-state index contributed by atoms with van der Waals surface area (Å²) in [7, 11) is 0.